The van der Waals surface area contributed by atoms with E-state index in [0.29, 0.717) is 18.5 Å². The molecule has 2 rings (SSSR count). The highest BCUT2D eigenvalue weighted by Crippen LogP contribution is 2.31. The predicted molar refractivity (Wildman–Crippen MR) is 66.8 cm³/mol. The van der Waals surface area contributed by atoms with Crippen molar-refractivity contribution in [3.63, 3.8) is 0 Å². The average Bonchev–Trinajstić information content (AvgIpc) is 2.83. The van der Waals surface area contributed by atoms with Crippen LogP contribution < -0.4 is 5.32 Å². The van der Waals surface area contributed by atoms with Gasteiger partial charge in [-0.3, -0.25) is 0 Å². The molecule has 0 spiro atoms. The Balaban J connectivity index is 2.07. The van der Waals surface area contributed by atoms with Crippen LogP contribution in [0.2, 0.25) is 4.34 Å². The molecule has 0 amide bonds. The maximum absolute atomic E-state index is 5.86. The first-order chi connectivity index (χ1) is 7.65. The van der Waals surface area contributed by atoms with E-state index in [1.165, 1.54) is 11.3 Å². The topological polar surface area (TPSA) is 38.1 Å². The van der Waals surface area contributed by atoms with E-state index in [2.05, 4.69) is 24.1 Å². The molecule has 0 bridgehead atoms. The minimum Gasteiger partial charge on any atom is -0.438 e. The van der Waals surface area contributed by atoms with Crippen molar-refractivity contribution in [3.8, 4) is 10.6 Å². The highest BCUT2D eigenvalue weighted by Gasteiger charge is 2.08. The van der Waals surface area contributed by atoms with Crippen LogP contribution in [0.4, 0.5) is 0 Å². The molecule has 0 saturated carbocycles. The van der Waals surface area contributed by atoms with Crippen LogP contribution in [0.3, 0.4) is 0 Å². The van der Waals surface area contributed by atoms with Crippen LogP contribution in [0.15, 0.2) is 22.7 Å². The first kappa shape index (κ1) is 11.6. The molecule has 0 saturated heterocycles. The van der Waals surface area contributed by atoms with Crippen LogP contribution in [0.25, 0.3) is 10.6 Å². The van der Waals surface area contributed by atoms with Gasteiger partial charge in [0.1, 0.15) is 0 Å². The fourth-order valence-corrected chi connectivity index (χ4v) is 2.23. The molecule has 2 aromatic heterocycles. The molecule has 1 N–H and O–H groups in total. The van der Waals surface area contributed by atoms with Gasteiger partial charge < -0.3 is 9.73 Å². The van der Waals surface area contributed by atoms with Crippen molar-refractivity contribution in [2.24, 2.45) is 0 Å². The summed E-state index contributed by atoms with van der Waals surface area (Å²) in [5.74, 6) is 1.48. The molecule has 0 aliphatic rings. The molecule has 0 fully saturated rings. The third-order valence-electron chi connectivity index (χ3n) is 2.03. The number of hydrogen-bond acceptors (Lipinski definition) is 4. The lowest BCUT2D eigenvalue weighted by atomic mass is 10.4. The van der Waals surface area contributed by atoms with E-state index in [-0.39, 0.29) is 0 Å². The summed E-state index contributed by atoms with van der Waals surface area (Å²) >= 11 is 7.35. The van der Waals surface area contributed by atoms with Gasteiger partial charge in [-0.25, -0.2) is 4.98 Å². The summed E-state index contributed by atoms with van der Waals surface area (Å²) in [6, 6.07) is 4.22. The van der Waals surface area contributed by atoms with Gasteiger partial charge in [-0.05, 0) is 12.1 Å². The van der Waals surface area contributed by atoms with Crippen molar-refractivity contribution < 1.29 is 4.42 Å². The number of nitrogens with zero attached hydrogens (tertiary/aromatic N) is 1. The van der Waals surface area contributed by atoms with Crippen LogP contribution in [0.1, 0.15) is 19.7 Å². The molecular formula is C11H13ClN2OS. The summed E-state index contributed by atoms with van der Waals surface area (Å²) in [5.41, 5.74) is 0. The van der Waals surface area contributed by atoms with E-state index in [0.717, 1.165) is 15.0 Å². The average molecular weight is 257 g/mol. The molecule has 3 nitrogen and oxygen atoms in total. The number of aromatic nitrogens is 1. The van der Waals surface area contributed by atoms with Gasteiger partial charge in [0.05, 0.1) is 22.0 Å². The van der Waals surface area contributed by atoms with E-state index in [4.69, 9.17) is 16.0 Å². The second kappa shape index (κ2) is 4.99. The Morgan fingerprint density at radius 3 is 2.94 bits per heavy atom. The van der Waals surface area contributed by atoms with Gasteiger partial charge in [0.15, 0.2) is 5.76 Å². The van der Waals surface area contributed by atoms with Crippen molar-refractivity contribution in [2.75, 3.05) is 0 Å². The summed E-state index contributed by atoms with van der Waals surface area (Å²) in [5, 5.41) is 3.25. The molecule has 16 heavy (non-hydrogen) atoms. The lowest BCUT2D eigenvalue weighted by molar-refractivity contribution is 0.459. The van der Waals surface area contributed by atoms with E-state index < -0.39 is 0 Å². The van der Waals surface area contributed by atoms with E-state index >= 15 is 0 Å². The third-order valence-corrected chi connectivity index (χ3v) is 3.28. The Labute approximate surface area is 103 Å². The first-order valence-electron chi connectivity index (χ1n) is 5.09. The van der Waals surface area contributed by atoms with Crippen molar-refractivity contribution in [3.05, 3.63) is 28.6 Å². The standard InChI is InChI=1S/C11H13ClN2OS/c1-7(2)13-6-11-14-5-8(15-11)9-3-4-10(12)16-9/h3-5,7,13H,6H2,1-2H3. The number of oxazole rings is 1. The van der Waals surface area contributed by atoms with Gasteiger partial charge in [0, 0.05) is 6.04 Å². The SMILES string of the molecule is CC(C)NCc1ncc(-c2ccc(Cl)s2)o1. The Morgan fingerprint density at radius 2 is 2.31 bits per heavy atom. The maximum atomic E-state index is 5.86. The van der Waals surface area contributed by atoms with Crippen LogP contribution >= 0.6 is 22.9 Å². The van der Waals surface area contributed by atoms with Crippen molar-refractivity contribution in [1.29, 1.82) is 0 Å². The number of hydrogen-bond donors (Lipinski definition) is 1. The lowest BCUT2D eigenvalue weighted by Gasteiger charge is -2.03. The van der Waals surface area contributed by atoms with Gasteiger partial charge in [0.25, 0.3) is 0 Å². The van der Waals surface area contributed by atoms with Crippen LogP contribution in [-0.4, -0.2) is 11.0 Å². The molecule has 86 valence electrons. The normalized spacial score (nSPS) is 11.2. The zero-order chi connectivity index (χ0) is 11.5. The second-order valence-electron chi connectivity index (χ2n) is 3.76. The Bertz CT molecular complexity index is 464. The zero-order valence-electron chi connectivity index (χ0n) is 9.16. The Hall–Kier alpha value is -0.840. The first-order valence-corrected chi connectivity index (χ1v) is 6.28. The monoisotopic (exact) mass is 256 g/mol. The number of nitrogens with one attached hydrogen (secondary N) is 1. The van der Waals surface area contributed by atoms with Crippen molar-refractivity contribution >= 4 is 22.9 Å². The van der Waals surface area contributed by atoms with Gasteiger partial charge in [-0.15, -0.1) is 11.3 Å². The summed E-state index contributed by atoms with van der Waals surface area (Å²) in [6.07, 6.45) is 1.74. The number of halogens is 1. The summed E-state index contributed by atoms with van der Waals surface area (Å²) in [6.45, 7) is 4.82. The maximum Gasteiger partial charge on any atom is 0.208 e. The summed E-state index contributed by atoms with van der Waals surface area (Å²) in [7, 11) is 0. The molecule has 0 aliphatic heterocycles. The third kappa shape index (κ3) is 2.84. The molecule has 0 aromatic carbocycles. The lowest BCUT2D eigenvalue weighted by Crippen LogP contribution is -2.21. The van der Waals surface area contributed by atoms with Crippen LogP contribution in [0, 0.1) is 0 Å². The minimum atomic E-state index is 0.423. The molecular weight excluding hydrogens is 244 g/mol. The minimum absolute atomic E-state index is 0.423. The highest BCUT2D eigenvalue weighted by atomic mass is 35.5. The second-order valence-corrected chi connectivity index (χ2v) is 5.47. The summed E-state index contributed by atoms with van der Waals surface area (Å²) < 4.78 is 6.37. The largest absolute Gasteiger partial charge is 0.438 e. The summed E-state index contributed by atoms with van der Waals surface area (Å²) in [4.78, 5) is 5.22. The quantitative estimate of drug-likeness (QED) is 0.909. The highest BCUT2D eigenvalue weighted by molar-refractivity contribution is 7.19. The molecule has 2 heterocycles. The van der Waals surface area contributed by atoms with Gasteiger partial charge in [0.2, 0.25) is 5.89 Å². The molecule has 2 aromatic rings. The number of thiophene rings is 1. The Morgan fingerprint density at radius 1 is 1.50 bits per heavy atom. The predicted octanol–water partition coefficient (Wildman–Crippen LogP) is 3.55. The molecule has 0 radical (unpaired) electrons. The molecule has 0 aliphatic carbocycles. The number of rotatable bonds is 4. The molecule has 0 unspecified atom stereocenters. The van der Waals surface area contributed by atoms with Crippen LogP contribution in [-0.2, 0) is 6.54 Å². The van der Waals surface area contributed by atoms with E-state index in [9.17, 15) is 0 Å². The zero-order valence-corrected chi connectivity index (χ0v) is 10.7. The fourth-order valence-electron chi connectivity index (χ4n) is 1.24. The van der Waals surface area contributed by atoms with E-state index in [1.807, 2.05) is 12.1 Å². The van der Waals surface area contributed by atoms with Crippen molar-refractivity contribution in [1.82, 2.24) is 10.3 Å². The van der Waals surface area contributed by atoms with Gasteiger partial charge >= 0.3 is 0 Å². The van der Waals surface area contributed by atoms with Crippen molar-refractivity contribution in [2.45, 2.75) is 26.4 Å². The fraction of sp³-hybridized carbons (Fsp3) is 0.364. The smallest absolute Gasteiger partial charge is 0.208 e. The van der Waals surface area contributed by atoms with E-state index in [1.54, 1.807) is 6.20 Å². The van der Waals surface area contributed by atoms with Crippen LogP contribution in [0.5, 0.6) is 0 Å². The molecule has 0 atom stereocenters. The van der Waals surface area contributed by atoms with Gasteiger partial charge in [-0.2, -0.15) is 0 Å². The van der Waals surface area contributed by atoms with Gasteiger partial charge in [-0.1, -0.05) is 25.4 Å². The Kier molecular flexibility index (Phi) is 3.63. The molecule has 5 heteroatoms.